The topological polar surface area (TPSA) is 102 Å². The molecule has 31 heavy (non-hydrogen) atoms. The Morgan fingerprint density at radius 1 is 0.871 bits per heavy atom. The Morgan fingerprint density at radius 3 is 2.03 bits per heavy atom. The Bertz CT molecular complexity index is 1100. The summed E-state index contributed by atoms with van der Waals surface area (Å²) in [5.74, 6) is 0.484. The second kappa shape index (κ2) is 8.94. The van der Waals surface area contributed by atoms with Crippen molar-refractivity contribution in [2.45, 2.75) is 24.3 Å². The quantitative estimate of drug-likeness (QED) is 0.571. The van der Waals surface area contributed by atoms with E-state index in [1.54, 1.807) is 18.2 Å². The summed E-state index contributed by atoms with van der Waals surface area (Å²) in [5.41, 5.74) is 0.818. The van der Waals surface area contributed by atoms with Crippen LogP contribution in [0.2, 0.25) is 0 Å². The lowest BCUT2D eigenvalue weighted by atomic mass is 10.2. The molecule has 1 aliphatic heterocycles. The molecule has 1 heterocycles. The summed E-state index contributed by atoms with van der Waals surface area (Å²) in [4.78, 5) is 25.3. The molecular formula is C21H24N2O7S. The van der Waals surface area contributed by atoms with Gasteiger partial charge in [0.25, 0.3) is 0 Å². The average Bonchev–Trinajstić information content (AvgIpc) is 3.10. The van der Waals surface area contributed by atoms with Crippen LogP contribution in [-0.2, 0) is 26.2 Å². The fourth-order valence-corrected chi connectivity index (χ4v) is 4.53. The standard InChI is InChI=1S/C21H24N2O7S/c1-22(13-14-5-7-18(29-3)19(11-14)30-4)31(26,27)15-6-8-17(28-2)16(12-15)23-20(24)9-10-21(23)25/h5-8,11-12H,9-10,13H2,1-4H3. The van der Waals surface area contributed by atoms with E-state index in [0.717, 1.165) is 4.90 Å². The van der Waals surface area contributed by atoms with E-state index >= 15 is 0 Å². The third-order valence-corrected chi connectivity index (χ3v) is 6.80. The first-order valence-electron chi connectivity index (χ1n) is 9.44. The summed E-state index contributed by atoms with van der Waals surface area (Å²) in [6, 6.07) is 9.25. The molecule has 0 atom stereocenters. The highest BCUT2D eigenvalue weighted by Crippen LogP contribution is 2.35. The van der Waals surface area contributed by atoms with Crippen LogP contribution in [-0.4, -0.2) is 52.9 Å². The maximum atomic E-state index is 13.2. The van der Waals surface area contributed by atoms with E-state index < -0.39 is 21.8 Å². The van der Waals surface area contributed by atoms with Crippen molar-refractivity contribution in [1.82, 2.24) is 4.31 Å². The molecule has 10 heteroatoms. The van der Waals surface area contributed by atoms with E-state index in [-0.39, 0.29) is 35.7 Å². The molecular weight excluding hydrogens is 424 g/mol. The lowest BCUT2D eigenvalue weighted by molar-refractivity contribution is -0.121. The van der Waals surface area contributed by atoms with E-state index in [0.29, 0.717) is 17.1 Å². The van der Waals surface area contributed by atoms with Gasteiger partial charge in [0.05, 0.1) is 31.9 Å². The first-order valence-corrected chi connectivity index (χ1v) is 10.9. The molecule has 1 aliphatic rings. The van der Waals surface area contributed by atoms with Crippen LogP contribution in [0.3, 0.4) is 0 Å². The van der Waals surface area contributed by atoms with Gasteiger partial charge in [-0.15, -0.1) is 0 Å². The number of nitrogens with zero attached hydrogens (tertiary/aromatic N) is 2. The second-order valence-corrected chi connectivity index (χ2v) is 8.95. The van der Waals surface area contributed by atoms with Crippen LogP contribution in [0.1, 0.15) is 18.4 Å². The van der Waals surface area contributed by atoms with Gasteiger partial charge in [0.1, 0.15) is 5.75 Å². The van der Waals surface area contributed by atoms with E-state index in [4.69, 9.17) is 14.2 Å². The van der Waals surface area contributed by atoms with Gasteiger partial charge in [-0.1, -0.05) is 6.07 Å². The van der Waals surface area contributed by atoms with Gasteiger partial charge in [-0.2, -0.15) is 4.31 Å². The Balaban J connectivity index is 1.93. The molecule has 0 bridgehead atoms. The fourth-order valence-electron chi connectivity index (χ4n) is 3.35. The summed E-state index contributed by atoms with van der Waals surface area (Å²) in [7, 11) is 1.93. The largest absolute Gasteiger partial charge is 0.495 e. The minimum atomic E-state index is -3.93. The van der Waals surface area contributed by atoms with Crippen LogP contribution in [0, 0.1) is 0 Å². The second-order valence-electron chi connectivity index (χ2n) is 6.91. The zero-order valence-electron chi connectivity index (χ0n) is 17.7. The Labute approximate surface area is 181 Å². The number of hydrogen-bond acceptors (Lipinski definition) is 7. The highest BCUT2D eigenvalue weighted by molar-refractivity contribution is 7.89. The summed E-state index contributed by atoms with van der Waals surface area (Å²) >= 11 is 0. The predicted octanol–water partition coefficient (Wildman–Crippen LogP) is 2.19. The van der Waals surface area contributed by atoms with E-state index in [9.17, 15) is 18.0 Å². The first kappa shape index (κ1) is 22.6. The maximum Gasteiger partial charge on any atom is 0.243 e. The van der Waals surface area contributed by atoms with Crippen molar-refractivity contribution in [3.8, 4) is 17.2 Å². The Hall–Kier alpha value is -3.11. The van der Waals surface area contributed by atoms with E-state index in [2.05, 4.69) is 0 Å². The van der Waals surface area contributed by atoms with Gasteiger partial charge in [-0.05, 0) is 35.9 Å². The van der Waals surface area contributed by atoms with Crippen molar-refractivity contribution in [1.29, 1.82) is 0 Å². The molecule has 0 saturated carbocycles. The van der Waals surface area contributed by atoms with Crippen molar-refractivity contribution in [3.05, 3.63) is 42.0 Å². The monoisotopic (exact) mass is 448 g/mol. The number of hydrogen-bond donors (Lipinski definition) is 0. The van der Waals surface area contributed by atoms with Crippen LogP contribution in [0.4, 0.5) is 5.69 Å². The normalized spacial score (nSPS) is 14.3. The molecule has 2 aromatic rings. The number of ether oxygens (including phenoxy) is 3. The Morgan fingerprint density at radius 2 is 1.45 bits per heavy atom. The summed E-state index contributed by atoms with van der Waals surface area (Å²) in [6.45, 7) is 0.0750. The number of benzene rings is 2. The maximum absolute atomic E-state index is 13.2. The smallest absolute Gasteiger partial charge is 0.243 e. The number of imide groups is 1. The minimum absolute atomic E-state index is 0.0567. The number of sulfonamides is 1. The van der Waals surface area contributed by atoms with Gasteiger partial charge in [0, 0.05) is 26.4 Å². The van der Waals surface area contributed by atoms with Crippen LogP contribution in [0.5, 0.6) is 17.2 Å². The molecule has 0 aliphatic carbocycles. The number of rotatable bonds is 8. The molecule has 1 saturated heterocycles. The molecule has 3 rings (SSSR count). The van der Waals surface area contributed by atoms with Gasteiger partial charge in [0.2, 0.25) is 21.8 Å². The van der Waals surface area contributed by atoms with E-state index in [1.807, 2.05) is 0 Å². The van der Waals surface area contributed by atoms with E-state index in [1.165, 1.54) is 50.9 Å². The molecule has 0 N–H and O–H groups in total. The van der Waals surface area contributed by atoms with Crippen molar-refractivity contribution in [3.63, 3.8) is 0 Å². The van der Waals surface area contributed by atoms with Gasteiger partial charge < -0.3 is 14.2 Å². The molecule has 0 aromatic heterocycles. The predicted molar refractivity (Wildman–Crippen MR) is 113 cm³/mol. The van der Waals surface area contributed by atoms with Crippen molar-refractivity contribution >= 4 is 27.5 Å². The summed E-state index contributed by atoms with van der Waals surface area (Å²) < 4.78 is 43.3. The number of carbonyl (C=O) groups excluding carboxylic acids is 2. The zero-order chi connectivity index (χ0) is 22.8. The van der Waals surface area contributed by atoms with Gasteiger partial charge in [-0.3, -0.25) is 9.59 Å². The van der Waals surface area contributed by atoms with Crippen LogP contribution >= 0.6 is 0 Å². The molecule has 166 valence electrons. The van der Waals surface area contributed by atoms with Gasteiger partial charge in [0.15, 0.2) is 11.5 Å². The van der Waals surface area contributed by atoms with Gasteiger partial charge in [-0.25, -0.2) is 13.3 Å². The SMILES string of the molecule is COc1ccc(CN(C)S(=O)(=O)c2ccc(OC)c(N3C(=O)CCC3=O)c2)cc1OC. The number of amides is 2. The van der Waals surface area contributed by atoms with Crippen molar-refractivity contribution in [2.24, 2.45) is 0 Å². The molecule has 0 radical (unpaired) electrons. The van der Waals surface area contributed by atoms with Gasteiger partial charge >= 0.3 is 0 Å². The lowest BCUT2D eigenvalue weighted by Gasteiger charge is -2.21. The van der Waals surface area contributed by atoms with Crippen molar-refractivity contribution in [2.75, 3.05) is 33.3 Å². The number of methoxy groups -OCH3 is 3. The van der Waals surface area contributed by atoms with Crippen LogP contribution < -0.4 is 19.1 Å². The Kier molecular flexibility index (Phi) is 6.51. The molecule has 1 fully saturated rings. The summed E-state index contributed by atoms with van der Waals surface area (Å²) in [5, 5.41) is 0. The zero-order valence-corrected chi connectivity index (χ0v) is 18.6. The summed E-state index contributed by atoms with van der Waals surface area (Å²) in [6.07, 6.45) is 0.163. The first-order chi connectivity index (χ1) is 14.7. The highest BCUT2D eigenvalue weighted by atomic mass is 32.2. The highest BCUT2D eigenvalue weighted by Gasteiger charge is 2.33. The van der Waals surface area contributed by atoms with Crippen molar-refractivity contribution < 1.29 is 32.2 Å². The third kappa shape index (κ3) is 4.35. The average molecular weight is 448 g/mol. The fraction of sp³-hybridized carbons (Fsp3) is 0.333. The minimum Gasteiger partial charge on any atom is -0.495 e. The molecule has 2 amide bonds. The number of anilines is 1. The molecule has 9 nitrogen and oxygen atoms in total. The third-order valence-electron chi connectivity index (χ3n) is 5.00. The lowest BCUT2D eigenvalue weighted by Crippen LogP contribution is -2.30. The molecule has 0 spiro atoms. The molecule has 0 unspecified atom stereocenters. The number of carbonyl (C=O) groups is 2. The molecule has 2 aromatic carbocycles. The van der Waals surface area contributed by atoms with Crippen LogP contribution in [0.25, 0.3) is 0 Å². The van der Waals surface area contributed by atoms with Crippen LogP contribution in [0.15, 0.2) is 41.3 Å².